The molecule has 0 saturated carbocycles. The number of nitrogens with two attached hydrogens (primary N) is 1. The minimum Gasteiger partial charge on any atom is -0.333 e. The number of rotatable bonds is 3. The highest BCUT2D eigenvalue weighted by Crippen LogP contribution is 2.20. The third-order valence-electron chi connectivity index (χ3n) is 3.00. The van der Waals surface area contributed by atoms with Crippen LogP contribution in [0.1, 0.15) is 23.2 Å². The fraction of sp³-hybridized carbons (Fsp3) is 0.417. The molecule has 1 atom stereocenters. The van der Waals surface area contributed by atoms with Gasteiger partial charge < -0.3 is 9.74 Å². The van der Waals surface area contributed by atoms with E-state index in [2.05, 4.69) is 4.84 Å². The summed E-state index contributed by atoms with van der Waals surface area (Å²) in [6.07, 6.45) is 1.80. The van der Waals surface area contributed by atoms with E-state index >= 15 is 0 Å². The van der Waals surface area contributed by atoms with Crippen molar-refractivity contribution in [3.05, 3.63) is 35.6 Å². The molecule has 92 valence electrons. The van der Waals surface area contributed by atoms with E-state index in [9.17, 15) is 9.18 Å². The van der Waals surface area contributed by atoms with Crippen molar-refractivity contribution in [3.63, 3.8) is 0 Å². The molecule has 2 rings (SSSR count). The van der Waals surface area contributed by atoms with Gasteiger partial charge in [0.1, 0.15) is 5.82 Å². The van der Waals surface area contributed by atoms with Crippen LogP contribution in [0.3, 0.4) is 0 Å². The van der Waals surface area contributed by atoms with E-state index in [1.54, 1.807) is 11.0 Å². The van der Waals surface area contributed by atoms with Crippen LogP contribution in [-0.4, -0.2) is 30.0 Å². The lowest BCUT2D eigenvalue weighted by molar-refractivity contribution is 0.0540. The Balaban J connectivity index is 2.14. The number of nitrogens with zero attached hydrogens (tertiary/aromatic N) is 1. The fourth-order valence-electron chi connectivity index (χ4n) is 2.17. The molecule has 0 aromatic heterocycles. The maximum atomic E-state index is 13.0. The van der Waals surface area contributed by atoms with Crippen LogP contribution in [0.15, 0.2) is 24.3 Å². The molecule has 1 amide bonds. The van der Waals surface area contributed by atoms with E-state index in [1.165, 1.54) is 18.2 Å². The number of carbonyl (C=O) groups is 1. The summed E-state index contributed by atoms with van der Waals surface area (Å²) in [5, 5.41) is 0. The summed E-state index contributed by atoms with van der Waals surface area (Å²) in [5.41, 5.74) is 0.369. The fourth-order valence-corrected chi connectivity index (χ4v) is 2.17. The van der Waals surface area contributed by atoms with E-state index in [4.69, 9.17) is 5.90 Å². The van der Waals surface area contributed by atoms with Crippen molar-refractivity contribution in [1.82, 2.24) is 4.90 Å². The summed E-state index contributed by atoms with van der Waals surface area (Å²) in [6.45, 7) is 0.991. The van der Waals surface area contributed by atoms with Crippen molar-refractivity contribution in [1.29, 1.82) is 0 Å². The van der Waals surface area contributed by atoms with Crippen molar-refractivity contribution in [2.75, 3.05) is 13.2 Å². The lowest BCUT2D eigenvalue weighted by Crippen LogP contribution is -2.38. The van der Waals surface area contributed by atoms with Gasteiger partial charge in [-0.25, -0.2) is 10.3 Å². The first-order valence-electron chi connectivity index (χ1n) is 5.60. The first kappa shape index (κ1) is 12.0. The van der Waals surface area contributed by atoms with E-state index in [0.29, 0.717) is 18.7 Å². The van der Waals surface area contributed by atoms with Crippen molar-refractivity contribution < 1.29 is 14.0 Å². The van der Waals surface area contributed by atoms with Gasteiger partial charge in [0, 0.05) is 12.1 Å². The van der Waals surface area contributed by atoms with Gasteiger partial charge in [0.25, 0.3) is 5.91 Å². The summed E-state index contributed by atoms with van der Waals surface area (Å²) in [7, 11) is 0. The average molecular weight is 238 g/mol. The minimum absolute atomic E-state index is 0.00392. The quantitative estimate of drug-likeness (QED) is 0.808. The van der Waals surface area contributed by atoms with Crippen LogP contribution in [0.25, 0.3) is 0 Å². The topological polar surface area (TPSA) is 55.6 Å². The van der Waals surface area contributed by atoms with E-state index in [0.717, 1.165) is 12.8 Å². The van der Waals surface area contributed by atoms with Crippen LogP contribution in [0, 0.1) is 5.82 Å². The largest absolute Gasteiger partial charge is 0.333 e. The van der Waals surface area contributed by atoms with Crippen molar-refractivity contribution in [2.45, 2.75) is 18.9 Å². The second-order valence-corrected chi connectivity index (χ2v) is 4.14. The molecule has 1 unspecified atom stereocenters. The summed E-state index contributed by atoms with van der Waals surface area (Å²) in [5.74, 6) is 4.47. The molecule has 17 heavy (non-hydrogen) atoms. The van der Waals surface area contributed by atoms with Gasteiger partial charge >= 0.3 is 0 Å². The summed E-state index contributed by atoms with van der Waals surface area (Å²) in [6, 6.07) is 5.72. The second-order valence-electron chi connectivity index (χ2n) is 4.14. The Kier molecular flexibility index (Phi) is 3.71. The molecule has 1 fully saturated rings. The lowest BCUT2D eigenvalue weighted by atomic mass is 10.1. The molecule has 1 aromatic rings. The second kappa shape index (κ2) is 5.25. The number of hydrogen-bond donors (Lipinski definition) is 1. The van der Waals surface area contributed by atoms with Gasteiger partial charge in [0.2, 0.25) is 0 Å². The van der Waals surface area contributed by atoms with Crippen LogP contribution in [-0.2, 0) is 4.84 Å². The molecule has 4 nitrogen and oxygen atoms in total. The predicted octanol–water partition coefficient (Wildman–Crippen LogP) is 1.32. The van der Waals surface area contributed by atoms with Crippen molar-refractivity contribution in [3.8, 4) is 0 Å². The first-order chi connectivity index (χ1) is 8.22. The van der Waals surface area contributed by atoms with Gasteiger partial charge in [-0.3, -0.25) is 4.79 Å². The highest BCUT2D eigenvalue weighted by atomic mass is 19.1. The van der Waals surface area contributed by atoms with Gasteiger partial charge in [0.05, 0.1) is 12.6 Å². The molecule has 1 heterocycles. The zero-order valence-electron chi connectivity index (χ0n) is 9.43. The van der Waals surface area contributed by atoms with Gasteiger partial charge in [0.15, 0.2) is 0 Å². The Morgan fingerprint density at radius 2 is 2.41 bits per heavy atom. The predicted molar refractivity (Wildman–Crippen MR) is 60.6 cm³/mol. The summed E-state index contributed by atoms with van der Waals surface area (Å²) in [4.78, 5) is 18.4. The van der Waals surface area contributed by atoms with E-state index < -0.39 is 5.82 Å². The maximum absolute atomic E-state index is 13.0. The van der Waals surface area contributed by atoms with Crippen LogP contribution >= 0.6 is 0 Å². The molecule has 0 spiro atoms. The highest BCUT2D eigenvalue weighted by molar-refractivity contribution is 5.94. The molecule has 0 aliphatic carbocycles. The van der Waals surface area contributed by atoms with Gasteiger partial charge in [-0.05, 0) is 31.0 Å². The van der Waals surface area contributed by atoms with Gasteiger partial charge in [-0.15, -0.1) is 0 Å². The summed E-state index contributed by atoms with van der Waals surface area (Å²) < 4.78 is 13.0. The zero-order chi connectivity index (χ0) is 12.3. The van der Waals surface area contributed by atoms with Gasteiger partial charge in [-0.1, -0.05) is 6.07 Å². The number of amides is 1. The molecule has 0 radical (unpaired) electrons. The molecule has 1 aromatic carbocycles. The monoisotopic (exact) mass is 238 g/mol. The third-order valence-corrected chi connectivity index (χ3v) is 3.00. The molecular formula is C12H15FN2O2. The van der Waals surface area contributed by atoms with E-state index in [-0.39, 0.29) is 11.9 Å². The standard InChI is InChI=1S/C12H15FN2O2/c13-10-4-1-3-9(7-10)12(16)15-6-2-5-11(15)8-17-14/h1,3-4,7,11H,2,5-6,8,14H2. The molecular weight excluding hydrogens is 223 g/mol. The molecule has 1 aliphatic rings. The van der Waals surface area contributed by atoms with Crippen molar-refractivity contribution >= 4 is 5.91 Å². The van der Waals surface area contributed by atoms with Crippen LogP contribution in [0.5, 0.6) is 0 Å². The summed E-state index contributed by atoms with van der Waals surface area (Å²) >= 11 is 0. The Morgan fingerprint density at radius 3 is 3.12 bits per heavy atom. The van der Waals surface area contributed by atoms with Gasteiger partial charge in [-0.2, -0.15) is 0 Å². The normalized spacial score (nSPS) is 19.6. The molecule has 0 bridgehead atoms. The maximum Gasteiger partial charge on any atom is 0.254 e. The first-order valence-corrected chi connectivity index (χ1v) is 5.60. The number of halogens is 1. The SMILES string of the molecule is NOCC1CCCN1C(=O)c1cccc(F)c1. The number of hydrogen-bond acceptors (Lipinski definition) is 3. The highest BCUT2D eigenvalue weighted by Gasteiger charge is 2.29. The average Bonchev–Trinajstić information content (AvgIpc) is 2.77. The molecule has 2 N–H and O–H groups in total. The Hall–Kier alpha value is -1.46. The number of benzene rings is 1. The zero-order valence-corrected chi connectivity index (χ0v) is 9.43. The lowest BCUT2D eigenvalue weighted by Gasteiger charge is -2.23. The number of carbonyl (C=O) groups excluding carboxylic acids is 1. The van der Waals surface area contributed by atoms with E-state index in [1.807, 2.05) is 0 Å². The number of likely N-dealkylation sites (tertiary alicyclic amines) is 1. The van der Waals surface area contributed by atoms with Crippen LogP contribution in [0.2, 0.25) is 0 Å². The molecule has 5 heteroatoms. The van der Waals surface area contributed by atoms with Crippen LogP contribution in [0.4, 0.5) is 4.39 Å². The molecule has 1 saturated heterocycles. The van der Waals surface area contributed by atoms with Crippen LogP contribution < -0.4 is 5.90 Å². The smallest absolute Gasteiger partial charge is 0.254 e. The Bertz CT molecular complexity index is 411. The third kappa shape index (κ3) is 2.62. The Morgan fingerprint density at radius 1 is 1.59 bits per heavy atom. The minimum atomic E-state index is -0.401. The molecule has 1 aliphatic heterocycles. The Labute approximate surface area is 99.1 Å². The van der Waals surface area contributed by atoms with Crippen molar-refractivity contribution in [2.24, 2.45) is 5.90 Å².